The molecule has 0 bridgehead atoms. The summed E-state index contributed by atoms with van der Waals surface area (Å²) < 4.78 is 0. The molecule has 4 heteroatoms. The Labute approximate surface area is 239 Å². The van der Waals surface area contributed by atoms with Gasteiger partial charge in [-0.15, -0.1) is 0 Å². The molecule has 0 aliphatic carbocycles. The zero-order valence-electron chi connectivity index (χ0n) is 22.6. The lowest BCUT2D eigenvalue weighted by Gasteiger charge is -2.13. The van der Waals surface area contributed by atoms with E-state index in [0.717, 1.165) is 44.6 Å². The summed E-state index contributed by atoms with van der Waals surface area (Å²) in [5.74, 6) is 1.91. The summed E-state index contributed by atoms with van der Waals surface area (Å²) >= 11 is 0. The molecule has 0 atom stereocenters. The van der Waals surface area contributed by atoms with Gasteiger partial charge in [-0.1, -0.05) is 103 Å². The molecule has 2 aromatic heterocycles. The zero-order chi connectivity index (χ0) is 27.6. The Morgan fingerprint density at radius 3 is 1.49 bits per heavy atom. The van der Waals surface area contributed by atoms with Gasteiger partial charge in [0.15, 0.2) is 17.5 Å². The highest BCUT2D eigenvalue weighted by atomic mass is 15.0. The smallest absolute Gasteiger partial charge is 0.164 e. The summed E-state index contributed by atoms with van der Waals surface area (Å²) in [4.78, 5) is 19.4. The molecule has 0 unspecified atom stereocenters. The van der Waals surface area contributed by atoms with E-state index in [1.54, 1.807) is 0 Å². The van der Waals surface area contributed by atoms with Crippen LogP contribution in [0.5, 0.6) is 0 Å². The molecule has 4 nitrogen and oxygen atoms in total. The molecular formula is C37H26N4. The second-order valence-electron chi connectivity index (χ2n) is 10.1. The van der Waals surface area contributed by atoms with Crippen LogP contribution >= 0.6 is 0 Å². The van der Waals surface area contributed by atoms with Gasteiger partial charge in [0.05, 0.1) is 0 Å². The molecule has 0 amide bonds. The molecule has 0 fully saturated rings. The van der Waals surface area contributed by atoms with Crippen molar-refractivity contribution in [2.45, 2.75) is 6.92 Å². The molecular weight excluding hydrogens is 500 g/mol. The highest BCUT2D eigenvalue weighted by Crippen LogP contribution is 2.34. The lowest BCUT2D eigenvalue weighted by atomic mass is 9.95. The summed E-state index contributed by atoms with van der Waals surface area (Å²) in [6, 6.07) is 45.9. The Morgan fingerprint density at radius 2 is 0.878 bits per heavy atom. The van der Waals surface area contributed by atoms with Gasteiger partial charge in [-0.2, -0.15) is 0 Å². The van der Waals surface area contributed by atoms with Crippen LogP contribution in [0.3, 0.4) is 0 Å². The fourth-order valence-electron chi connectivity index (χ4n) is 5.04. The molecule has 5 aromatic carbocycles. The summed E-state index contributed by atoms with van der Waals surface area (Å²) in [6.45, 7) is 2.00. The fourth-order valence-corrected chi connectivity index (χ4v) is 5.04. The van der Waals surface area contributed by atoms with Gasteiger partial charge in [0.2, 0.25) is 0 Å². The van der Waals surface area contributed by atoms with Crippen LogP contribution in [-0.4, -0.2) is 19.9 Å². The third kappa shape index (κ3) is 5.11. The van der Waals surface area contributed by atoms with Crippen molar-refractivity contribution in [2.75, 3.05) is 0 Å². The normalized spacial score (nSPS) is 11.0. The third-order valence-corrected chi connectivity index (χ3v) is 7.22. The Balaban J connectivity index is 1.45. The number of rotatable bonds is 5. The Kier molecular flexibility index (Phi) is 6.34. The van der Waals surface area contributed by atoms with E-state index in [4.69, 9.17) is 15.0 Å². The summed E-state index contributed by atoms with van der Waals surface area (Å²) in [5.41, 5.74) is 8.12. The van der Waals surface area contributed by atoms with Crippen LogP contribution in [0.25, 0.3) is 67.2 Å². The van der Waals surface area contributed by atoms with Crippen LogP contribution in [0.15, 0.2) is 140 Å². The van der Waals surface area contributed by atoms with Crippen LogP contribution in [0.4, 0.5) is 0 Å². The van der Waals surface area contributed by atoms with Crippen molar-refractivity contribution >= 4 is 10.8 Å². The van der Waals surface area contributed by atoms with E-state index >= 15 is 0 Å². The van der Waals surface area contributed by atoms with Crippen molar-refractivity contribution in [3.63, 3.8) is 0 Å². The average molecular weight is 527 g/mol. The van der Waals surface area contributed by atoms with Gasteiger partial charge in [0.1, 0.15) is 0 Å². The quantitative estimate of drug-likeness (QED) is 0.224. The highest BCUT2D eigenvalue weighted by Gasteiger charge is 2.15. The van der Waals surface area contributed by atoms with Crippen LogP contribution in [0, 0.1) is 6.92 Å². The number of aromatic nitrogens is 4. The van der Waals surface area contributed by atoms with Crippen molar-refractivity contribution in [2.24, 2.45) is 0 Å². The molecule has 7 aromatic rings. The van der Waals surface area contributed by atoms with Crippen molar-refractivity contribution in [3.05, 3.63) is 145 Å². The Bertz CT molecular complexity index is 1930. The monoisotopic (exact) mass is 526 g/mol. The molecule has 2 heterocycles. The van der Waals surface area contributed by atoms with E-state index in [0.29, 0.717) is 17.5 Å². The number of nitrogens with zero attached hydrogens (tertiary/aromatic N) is 4. The van der Waals surface area contributed by atoms with Gasteiger partial charge in [0.25, 0.3) is 0 Å². The predicted molar refractivity (Wildman–Crippen MR) is 167 cm³/mol. The maximum absolute atomic E-state index is 5.00. The molecule has 41 heavy (non-hydrogen) atoms. The topological polar surface area (TPSA) is 51.6 Å². The summed E-state index contributed by atoms with van der Waals surface area (Å²) in [7, 11) is 0. The van der Waals surface area contributed by atoms with Crippen LogP contribution in [0.1, 0.15) is 5.69 Å². The van der Waals surface area contributed by atoms with E-state index in [9.17, 15) is 0 Å². The van der Waals surface area contributed by atoms with Crippen LogP contribution < -0.4 is 0 Å². The van der Waals surface area contributed by atoms with Crippen molar-refractivity contribution in [3.8, 4) is 56.4 Å². The maximum atomic E-state index is 5.00. The molecule has 0 spiro atoms. The Hall–Kier alpha value is -5.48. The minimum atomic E-state index is 0.627. The first kappa shape index (κ1) is 24.6. The number of aryl methyl sites for hydroxylation is 1. The fraction of sp³-hybridized carbons (Fsp3) is 0.0270. The van der Waals surface area contributed by atoms with Crippen molar-refractivity contribution < 1.29 is 0 Å². The third-order valence-electron chi connectivity index (χ3n) is 7.22. The lowest BCUT2D eigenvalue weighted by Crippen LogP contribution is -2.00. The van der Waals surface area contributed by atoms with E-state index in [2.05, 4.69) is 71.7 Å². The first-order valence-electron chi connectivity index (χ1n) is 13.6. The lowest BCUT2D eigenvalue weighted by molar-refractivity contribution is 1.07. The molecule has 0 saturated carbocycles. The Morgan fingerprint density at radius 1 is 0.366 bits per heavy atom. The molecule has 0 saturated heterocycles. The minimum absolute atomic E-state index is 0.627. The van der Waals surface area contributed by atoms with Gasteiger partial charge in [-0.05, 0) is 64.7 Å². The van der Waals surface area contributed by atoms with Crippen LogP contribution in [-0.2, 0) is 0 Å². The maximum Gasteiger partial charge on any atom is 0.164 e. The van der Waals surface area contributed by atoms with Gasteiger partial charge in [-0.25, -0.2) is 15.0 Å². The second kappa shape index (κ2) is 10.6. The zero-order valence-corrected chi connectivity index (χ0v) is 22.6. The predicted octanol–water partition coefficient (Wildman–Crippen LogP) is 9.06. The largest absolute Gasteiger partial charge is 0.261 e. The van der Waals surface area contributed by atoms with Crippen LogP contribution in [0.2, 0.25) is 0 Å². The van der Waals surface area contributed by atoms with E-state index in [1.165, 1.54) is 10.8 Å². The first-order chi connectivity index (χ1) is 20.2. The SMILES string of the molecule is Cc1ccc(-c2cc(-c3ccc4ccccc4c3)cc(-c3nc(-c4ccccc4)nc(-c4ccccc4)n3)c2)cn1. The molecule has 194 valence electrons. The molecule has 0 aliphatic rings. The average Bonchev–Trinajstić information content (AvgIpc) is 3.05. The molecule has 0 N–H and O–H groups in total. The summed E-state index contributed by atoms with van der Waals surface area (Å²) in [6.07, 6.45) is 1.93. The number of hydrogen-bond acceptors (Lipinski definition) is 4. The molecule has 0 aliphatic heterocycles. The van der Waals surface area contributed by atoms with E-state index in [1.807, 2.05) is 79.9 Å². The van der Waals surface area contributed by atoms with Gasteiger partial charge >= 0.3 is 0 Å². The molecule has 7 rings (SSSR count). The van der Waals surface area contributed by atoms with Gasteiger partial charge in [-0.3, -0.25) is 4.98 Å². The number of hydrogen-bond donors (Lipinski definition) is 0. The van der Waals surface area contributed by atoms with E-state index in [-0.39, 0.29) is 0 Å². The number of fused-ring (bicyclic) bond motifs is 1. The second-order valence-corrected chi connectivity index (χ2v) is 10.1. The number of pyridine rings is 1. The van der Waals surface area contributed by atoms with E-state index < -0.39 is 0 Å². The van der Waals surface area contributed by atoms with Crippen molar-refractivity contribution in [1.29, 1.82) is 0 Å². The highest BCUT2D eigenvalue weighted by molar-refractivity contribution is 5.89. The van der Waals surface area contributed by atoms with Gasteiger partial charge < -0.3 is 0 Å². The van der Waals surface area contributed by atoms with Gasteiger partial charge in [0, 0.05) is 34.1 Å². The summed E-state index contributed by atoms with van der Waals surface area (Å²) in [5, 5.41) is 2.42. The van der Waals surface area contributed by atoms with Crippen molar-refractivity contribution in [1.82, 2.24) is 19.9 Å². The first-order valence-corrected chi connectivity index (χ1v) is 13.6. The minimum Gasteiger partial charge on any atom is -0.261 e. The standard InChI is InChI=1S/C37H26N4/c1-25-16-17-31(24-38-25)33-21-32(30-19-18-26-10-8-9-15-29(26)20-30)22-34(23-33)37-40-35(27-11-4-2-5-12-27)39-36(41-37)28-13-6-3-7-14-28/h2-24H,1H3. The number of benzene rings is 5. The molecule has 0 radical (unpaired) electrons.